The molecule has 3 rings (SSSR count). The van der Waals surface area contributed by atoms with Gasteiger partial charge in [0.2, 0.25) is 5.82 Å². The lowest BCUT2D eigenvalue weighted by Crippen LogP contribution is -2.50. The lowest BCUT2D eigenvalue weighted by atomic mass is 9.90. The first-order valence-corrected chi connectivity index (χ1v) is 10.7. The largest absolute Gasteiger partial charge is 0.396 e. The van der Waals surface area contributed by atoms with Crippen molar-refractivity contribution in [3.63, 3.8) is 0 Å². The number of aromatic nitrogens is 2. The van der Waals surface area contributed by atoms with Crippen LogP contribution >= 0.6 is 24.8 Å². The van der Waals surface area contributed by atoms with Gasteiger partial charge in [-0.3, -0.25) is 10.2 Å². The molecule has 0 aliphatic heterocycles. The number of guanidine groups is 1. The summed E-state index contributed by atoms with van der Waals surface area (Å²) in [5, 5.41) is 27.3. The Morgan fingerprint density at radius 3 is 2.52 bits per heavy atom. The van der Waals surface area contributed by atoms with Crippen LogP contribution in [0.5, 0.6) is 0 Å². The Bertz CT molecular complexity index is 971. The Morgan fingerprint density at radius 1 is 1.21 bits per heavy atom. The number of rotatable bonds is 7. The molecule has 1 aromatic carbocycles. The molecule has 1 aliphatic rings. The molecule has 1 amide bonds. The van der Waals surface area contributed by atoms with Crippen molar-refractivity contribution in [3.8, 4) is 0 Å². The van der Waals surface area contributed by atoms with Crippen LogP contribution in [0.1, 0.15) is 55.7 Å². The number of hydrogen-bond acceptors (Lipinski definition) is 6. The number of aliphatic hydroxyl groups excluding tert-OH is 1. The number of aliphatic hydroxyl groups is 1. The van der Waals surface area contributed by atoms with Crippen LogP contribution in [0.25, 0.3) is 10.9 Å². The van der Waals surface area contributed by atoms with Crippen molar-refractivity contribution in [1.29, 1.82) is 5.41 Å². The number of fused-ring (bicyclic) bond motifs is 1. The van der Waals surface area contributed by atoms with Crippen molar-refractivity contribution < 1.29 is 9.90 Å². The van der Waals surface area contributed by atoms with Crippen molar-refractivity contribution in [2.75, 3.05) is 18.5 Å². The number of hydrogen-bond donors (Lipinski definition) is 6. The van der Waals surface area contributed by atoms with E-state index in [1.54, 1.807) is 0 Å². The first kappa shape index (κ1) is 28.7. The summed E-state index contributed by atoms with van der Waals surface area (Å²) in [4.78, 5) is 21.8. The van der Waals surface area contributed by atoms with Gasteiger partial charge < -0.3 is 26.8 Å². The van der Waals surface area contributed by atoms with Gasteiger partial charge in [0.05, 0.1) is 5.52 Å². The Kier molecular flexibility index (Phi) is 10.6. The minimum Gasteiger partial charge on any atom is -0.396 e. The lowest BCUT2D eigenvalue weighted by Gasteiger charge is -2.33. The molecule has 11 heteroatoms. The Morgan fingerprint density at radius 2 is 1.88 bits per heavy atom. The Labute approximate surface area is 207 Å². The predicted octanol–water partition coefficient (Wildman–Crippen LogP) is 2.74. The summed E-state index contributed by atoms with van der Waals surface area (Å²) < 4.78 is 0. The summed E-state index contributed by atoms with van der Waals surface area (Å²) in [5.41, 5.74) is 6.90. The van der Waals surface area contributed by atoms with Crippen LogP contribution in [0.3, 0.4) is 0 Å². The summed E-state index contributed by atoms with van der Waals surface area (Å²) >= 11 is 0. The van der Waals surface area contributed by atoms with E-state index in [0.717, 1.165) is 36.6 Å². The predicted molar refractivity (Wildman–Crippen MR) is 137 cm³/mol. The van der Waals surface area contributed by atoms with Crippen molar-refractivity contribution in [1.82, 2.24) is 20.6 Å². The van der Waals surface area contributed by atoms with Gasteiger partial charge in [0, 0.05) is 36.0 Å². The second-order valence-electron chi connectivity index (χ2n) is 9.12. The zero-order chi connectivity index (χ0) is 22.6. The molecule has 1 saturated carbocycles. The first-order chi connectivity index (χ1) is 14.7. The number of halogens is 2. The van der Waals surface area contributed by atoms with Gasteiger partial charge in [-0.2, -0.15) is 0 Å². The van der Waals surface area contributed by atoms with E-state index in [-0.39, 0.29) is 61.2 Å². The molecule has 0 bridgehead atoms. The van der Waals surface area contributed by atoms with Crippen LogP contribution in [-0.4, -0.2) is 52.2 Å². The molecule has 0 saturated heterocycles. The fraction of sp³-hybridized carbons (Fsp3) is 0.545. The fourth-order valence-electron chi connectivity index (χ4n) is 3.76. The maximum Gasteiger partial charge on any atom is 0.289 e. The molecule has 1 heterocycles. The van der Waals surface area contributed by atoms with Gasteiger partial charge in [0.15, 0.2) is 5.96 Å². The van der Waals surface area contributed by atoms with Gasteiger partial charge >= 0.3 is 0 Å². The van der Waals surface area contributed by atoms with E-state index >= 15 is 0 Å². The van der Waals surface area contributed by atoms with Gasteiger partial charge in [-0.15, -0.1) is 24.8 Å². The standard InChI is InChI=1S/C22H33N7O2.2ClH/c1-13-8-9-15-14(10-13)18(27-16-6-4-5-7-17(16)28-21(23)24)29-19(26-15)20(31)25-11-22(2,3)12-30;;/h8-10,16-17,30H,4-7,11-12H2,1-3H3,(H,25,31)(H4,23,24,28)(H,26,27,29);2*1H/t16-,17+;;/m0../s1. The quantitative estimate of drug-likeness (QED) is 0.253. The molecule has 1 aliphatic carbocycles. The van der Waals surface area contributed by atoms with Gasteiger partial charge in [-0.25, -0.2) is 9.97 Å². The number of carbonyl (C=O) groups excluding carboxylic acids is 1. The zero-order valence-electron chi connectivity index (χ0n) is 19.3. The molecular weight excluding hydrogens is 465 g/mol. The van der Waals surface area contributed by atoms with Crippen molar-refractivity contribution in [2.45, 2.75) is 58.5 Å². The molecule has 9 nitrogen and oxygen atoms in total. The molecule has 33 heavy (non-hydrogen) atoms. The van der Waals surface area contributed by atoms with E-state index in [9.17, 15) is 9.90 Å². The van der Waals surface area contributed by atoms with E-state index in [1.807, 2.05) is 39.0 Å². The summed E-state index contributed by atoms with van der Waals surface area (Å²) in [5.74, 6) is 0.254. The maximum absolute atomic E-state index is 12.8. The van der Waals surface area contributed by atoms with Gasteiger partial charge in [-0.1, -0.05) is 38.3 Å². The van der Waals surface area contributed by atoms with Crippen LogP contribution in [0, 0.1) is 17.7 Å². The summed E-state index contributed by atoms with van der Waals surface area (Å²) in [6, 6.07) is 5.89. The molecular formula is C22H35Cl2N7O2. The van der Waals surface area contributed by atoms with Crippen LogP contribution in [0.15, 0.2) is 18.2 Å². The molecule has 0 radical (unpaired) electrons. The summed E-state index contributed by atoms with van der Waals surface area (Å²) in [7, 11) is 0. The number of nitrogens with two attached hydrogens (primary N) is 1. The highest BCUT2D eigenvalue weighted by molar-refractivity contribution is 5.96. The summed E-state index contributed by atoms with van der Waals surface area (Å²) in [6.45, 7) is 6.02. The fourth-order valence-corrected chi connectivity index (χ4v) is 3.76. The van der Waals surface area contributed by atoms with Crippen molar-refractivity contribution >= 4 is 53.4 Å². The number of amides is 1. The van der Waals surface area contributed by atoms with Gasteiger partial charge in [0.25, 0.3) is 5.91 Å². The van der Waals surface area contributed by atoms with Gasteiger partial charge in [-0.05, 0) is 31.9 Å². The average Bonchev–Trinajstić information content (AvgIpc) is 2.73. The van der Waals surface area contributed by atoms with E-state index in [2.05, 4.69) is 25.9 Å². The second-order valence-corrected chi connectivity index (χ2v) is 9.12. The summed E-state index contributed by atoms with van der Waals surface area (Å²) in [6.07, 6.45) is 3.96. The number of nitrogens with zero attached hydrogens (tertiary/aromatic N) is 2. The maximum atomic E-state index is 12.8. The third-order valence-electron chi connectivity index (χ3n) is 5.64. The highest BCUT2D eigenvalue weighted by atomic mass is 35.5. The number of nitrogens with one attached hydrogen (secondary N) is 4. The van der Waals surface area contributed by atoms with Crippen LogP contribution in [0.2, 0.25) is 0 Å². The number of carbonyl (C=O) groups is 1. The molecule has 1 aromatic heterocycles. The molecule has 2 aromatic rings. The molecule has 1 fully saturated rings. The second kappa shape index (κ2) is 12.2. The molecule has 7 N–H and O–H groups in total. The van der Waals surface area contributed by atoms with Crippen molar-refractivity contribution in [2.24, 2.45) is 11.1 Å². The minimum atomic E-state index is -0.432. The molecule has 184 valence electrons. The van der Waals surface area contributed by atoms with Crippen LogP contribution < -0.4 is 21.7 Å². The highest BCUT2D eigenvalue weighted by Gasteiger charge is 2.27. The first-order valence-electron chi connectivity index (χ1n) is 10.7. The van der Waals surface area contributed by atoms with E-state index in [1.165, 1.54) is 0 Å². The molecule has 0 unspecified atom stereocenters. The SMILES string of the molecule is Cc1ccc2nc(C(=O)NCC(C)(C)CO)nc(N[C@H]3CCCC[C@H]3NC(=N)N)c2c1.Cl.Cl. The van der Waals surface area contributed by atoms with E-state index in [0.29, 0.717) is 17.9 Å². The third-order valence-corrected chi connectivity index (χ3v) is 5.64. The number of anilines is 1. The van der Waals surface area contributed by atoms with Crippen molar-refractivity contribution in [3.05, 3.63) is 29.6 Å². The average molecular weight is 500 g/mol. The lowest BCUT2D eigenvalue weighted by molar-refractivity contribution is 0.0901. The number of aryl methyl sites for hydroxylation is 1. The van der Waals surface area contributed by atoms with Crippen LogP contribution in [0.4, 0.5) is 5.82 Å². The van der Waals surface area contributed by atoms with E-state index < -0.39 is 5.41 Å². The Balaban J connectivity index is 0.00000272. The third kappa shape index (κ3) is 7.58. The number of benzene rings is 1. The zero-order valence-corrected chi connectivity index (χ0v) is 20.9. The van der Waals surface area contributed by atoms with Gasteiger partial charge in [0.1, 0.15) is 5.82 Å². The van der Waals surface area contributed by atoms with E-state index in [4.69, 9.17) is 11.1 Å². The molecule has 0 spiro atoms. The Hall–Kier alpha value is -2.36. The normalized spacial score (nSPS) is 17.9. The minimum absolute atomic E-state index is 0. The monoisotopic (exact) mass is 499 g/mol. The molecule has 2 atom stereocenters. The topological polar surface area (TPSA) is 149 Å². The highest BCUT2D eigenvalue weighted by Crippen LogP contribution is 2.27. The van der Waals surface area contributed by atoms with Crippen LogP contribution in [-0.2, 0) is 0 Å². The smallest absolute Gasteiger partial charge is 0.289 e.